The van der Waals surface area contributed by atoms with E-state index in [9.17, 15) is 39.6 Å². The molecule has 1 heterocycles. The number of thioether (sulfide) groups is 2. The largest absolute Gasteiger partial charge is 0.392 e. The van der Waals surface area contributed by atoms with Crippen LogP contribution in [0, 0.1) is 0 Å². The van der Waals surface area contributed by atoms with Gasteiger partial charge in [0.25, 0.3) is 0 Å². The van der Waals surface area contributed by atoms with Gasteiger partial charge in [0.05, 0.1) is 24.4 Å². The Morgan fingerprint density at radius 3 is 0.689 bits per heavy atom. The van der Waals surface area contributed by atoms with Gasteiger partial charge in [0.2, 0.25) is 11.8 Å². The van der Waals surface area contributed by atoms with Crippen LogP contribution in [0.25, 0.3) is 0 Å². The molecule has 0 radical (unpaired) electrons. The first-order valence-electron chi connectivity index (χ1n) is 39.0. The Labute approximate surface area is 564 Å². The SMILES string of the molecule is CCCCCCCCCCCCCCC(O)CN(CCC(=O)SCC1NC(=O)C(CSC(=O)CCN(CC(O)CCCCCCCCCCCCCC)CC(O)CCCCCCCCCCCCCC)NC1=O)CC(O)CCCCCCCCCCCCCC. The van der Waals surface area contributed by atoms with Gasteiger partial charge in [0, 0.05) is 63.6 Å². The third kappa shape index (κ3) is 56.0. The van der Waals surface area contributed by atoms with E-state index < -0.39 is 36.5 Å². The zero-order valence-electron chi connectivity index (χ0n) is 59.4. The summed E-state index contributed by atoms with van der Waals surface area (Å²) in [5.41, 5.74) is 0. The number of rotatable bonds is 70. The van der Waals surface area contributed by atoms with Crippen molar-refractivity contribution in [2.45, 2.75) is 411 Å². The van der Waals surface area contributed by atoms with Crippen LogP contribution in [0.4, 0.5) is 0 Å². The average Bonchev–Trinajstić information content (AvgIpc) is 2.24. The molecule has 0 saturated carbocycles. The van der Waals surface area contributed by atoms with Crippen LogP contribution in [0.2, 0.25) is 0 Å². The van der Waals surface area contributed by atoms with E-state index >= 15 is 0 Å². The number of aliphatic hydroxyl groups is 4. The molecule has 0 aromatic carbocycles. The Morgan fingerprint density at radius 1 is 0.322 bits per heavy atom. The average molecular weight is 1310 g/mol. The van der Waals surface area contributed by atoms with E-state index in [0.717, 1.165) is 74.9 Å². The normalized spacial score (nSPS) is 15.8. The van der Waals surface area contributed by atoms with Crippen LogP contribution in [-0.2, 0) is 19.2 Å². The number of nitrogens with zero attached hydrogens (tertiary/aromatic N) is 2. The molecule has 0 bridgehead atoms. The first-order chi connectivity index (χ1) is 43.9. The number of nitrogens with one attached hydrogen (secondary N) is 2. The Hall–Kier alpha value is -1.26. The molecule has 0 aromatic rings. The van der Waals surface area contributed by atoms with Gasteiger partial charge in [-0.15, -0.1) is 0 Å². The molecule has 14 heteroatoms. The van der Waals surface area contributed by atoms with Gasteiger partial charge in [-0.25, -0.2) is 0 Å². The molecule has 1 saturated heterocycles. The molecule has 1 rings (SSSR count). The Kier molecular flexibility index (Phi) is 62.7. The third-order valence-electron chi connectivity index (χ3n) is 18.8. The van der Waals surface area contributed by atoms with Crippen molar-refractivity contribution >= 4 is 45.6 Å². The first-order valence-corrected chi connectivity index (χ1v) is 41.0. The molecule has 1 aliphatic rings. The van der Waals surface area contributed by atoms with Gasteiger partial charge >= 0.3 is 0 Å². The topological polar surface area (TPSA) is 180 Å². The summed E-state index contributed by atoms with van der Waals surface area (Å²) < 4.78 is 0. The van der Waals surface area contributed by atoms with Gasteiger partial charge in [-0.1, -0.05) is 359 Å². The van der Waals surface area contributed by atoms with E-state index in [0.29, 0.717) is 65.0 Å². The van der Waals surface area contributed by atoms with Crippen LogP contribution in [-0.4, -0.2) is 140 Å². The van der Waals surface area contributed by atoms with Crippen LogP contribution in [0.3, 0.4) is 0 Å². The smallest absolute Gasteiger partial charge is 0.244 e. The van der Waals surface area contributed by atoms with Crippen molar-refractivity contribution in [2.24, 2.45) is 0 Å². The number of piperazine rings is 1. The van der Waals surface area contributed by atoms with Crippen molar-refractivity contribution in [2.75, 3.05) is 50.8 Å². The summed E-state index contributed by atoms with van der Waals surface area (Å²) in [7, 11) is 0. The van der Waals surface area contributed by atoms with Crippen molar-refractivity contribution in [3.63, 3.8) is 0 Å². The van der Waals surface area contributed by atoms with Crippen LogP contribution in [0.1, 0.15) is 374 Å². The lowest BCUT2D eigenvalue weighted by Crippen LogP contribution is -2.63. The Morgan fingerprint density at radius 2 is 0.500 bits per heavy atom. The van der Waals surface area contributed by atoms with E-state index in [-0.39, 0.29) is 46.4 Å². The zero-order valence-corrected chi connectivity index (χ0v) is 61.1. The zero-order chi connectivity index (χ0) is 65.6. The van der Waals surface area contributed by atoms with Crippen molar-refractivity contribution in [3.8, 4) is 0 Å². The van der Waals surface area contributed by atoms with Gasteiger partial charge in [0.1, 0.15) is 12.1 Å². The van der Waals surface area contributed by atoms with Gasteiger partial charge in [-0.2, -0.15) is 0 Å². The molecule has 1 fully saturated rings. The molecule has 6 unspecified atom stereocenters. The lowest BCUT2D eigenvalue weighted by atomic mass is 10.0. The summed E-state index contributed by atoms with van der Waals surface area (Å²) in [5, 5.41) is 50.1. The van der Waals surface area contributed by atoms with Crippen LogP contribution < -0.4 is 10.6 Å². The molecule has 2 amide bonds. The highest BCUT2D eigenvalue weighted by Gasteiger charge is 2.34. The second-order valence-electron chi connectivity index (χ2n) is 27.8. The molecule has 0 spiro atoms. The first kappa shape index (κ1) is 86.8. The quantitative estimate of drug-likeness (QED) is 0.0318. The number of unbranched alkanes of at least 4 members (excludes halogenated alkanes) is 44. The second kappa shape index (κ2) is 65.0. The van der Waals surface area contributed by atoms with Gasteiger partial charge in [-0.05, 0) is 25.7 Å². The van der Waals surface area contributed by atoms with Crippen molar-refractivity contribution in [1.82, 2.24) is 20.4 Å². The maximum absolute atomic E-state index is 13.4. The van der Waals surface area contributed by atoms with E-state index in [1.165, 1.54) is 257 Å². The number of amides is 2. The summed E-state index contributed by atoms with van der Waals surface area (Å²) in [6.07, 6.45) is 61.6. The fourth-order valence-electron chi connectivity index (χ4n) is 12.9. The molecular formula is C76H148N4O8S2. The van der Waals surface area contributed by atoms with Crippen molar-refractivity contribution in [1.29, 1.82) is 0 Å². The summed E-state index contributed by atoms with van der Waals surface area (Å²) in [6.45, 7) is 11.4. The van der Waals surface area contributed by atoms with E-state index in [2.05, 4.69) is 38.3 Å². The molecule has 0 aromatic heterocycles. The summed E-state index contributed by atoms with van der Waals surface area (Å²) in [5.74, 6) is -0.589. The Bertz CT molecular complexity index is 1430. The summed E-state index contributed by atoms with van der Waals surface area (Å²) in [4.78, 5) is 57.5. The highest BCUT2D eigenvalue weighted by molar-refractivity contribution is 8.13. The minimum atomic E-state index is -0.884. The van der Waals surface area contributed by atoms with Crippen LogP contribution in [0.15, 0.2) is 0 Å². The molecule has 0 aliphatic carbocycles. The maximum atomic E-state index is 13.4. The molecular weight excluding hydrogens is 1160 g/mol. The number of carbonyl (C=O) groups excluding carboxylic acids is 4. The lowest BCUT2D eigenvalue weighted by molar-refractivity contribution is -0.135. The van der Waals surface area contributed by atoms with Crippen LogP contribution in [0.5, 0.6) is 0 Å². The van der Waals surface area contributed by atoms with Crippen LogP contribution >= 0.6 is 23.5 Å². The highest BCUT2D eigenvalue weighted by atomic mass is 32.2. The summed E-state index contributed by atoms with van der Waals surface area (Å²) >= 11 is 2.05. The second-order valence-corrected chi connectivity index (χ2v) is 30.0. The molecule has 532 valence electrons. The predicted octanol–water partition coefficient (Wildman–Crippen LogP) is 18.7. The van der Waals surface area contributed by atoms with Crippen molar-refractivity contribution < 1.29 is 39.6 Å². The number of hydrogen-bond donors (Lipinski definition) is 6. The minimum Gasteiger partial charge on any atom is -0.392 e. The lowest BCUT2D eigenvalue weighted by Gasteiger charge is -2.29. The summed E-state index contributed by atoms with van der Waals surface area (Å²) in [6, 6.07) is -1.77. The highest BCUT2D eigenvalue weighted by Crippen LogP contribution is 2.21. The maximum Gasteiger partial charge on any atom is 0.244 e. The number of carbonyl (C=O) groups is 4. The molecule has 90 heavy (non-hydrogen) atoms. The number of aliphatic hydroxyl groups excluding tert-OH is 4. The van der Waals surface area contributed by atoms with E-state index in [4.69, 9.17) is 0 Å². The Balaban J connectivity index is 2.66. The standard InChI is InChI=1S/C76H148N4O8S2/c1-5-9-13-17-21-25-29-33-37-41-45-49-53-67(81)61-79(62-68(82)54-50-46-42-38-34-30-26-22-18-14-10-6-2)59-57-73(85)89-65-71-75(87)78-72(76(88)77-71)66-90-74(86)58-60-80(63-69(83)55-51-47-43-39-35-31-27-23-19-15-11-7-3)64-70(84)56-52-48-44-40-36-32-28-24-20-16-12-8-4/h67-72,81-84H,5-66H2,1-4H3,(H,77,88)(H,78,87). The molecule has 1 aliphatic heterocycles. The third-order valence-corrected chi connectivity index (χ3v) is 20.8. The van der Waals surface area contributed by atoms with E-state index in [1.807, 2.05) is 9.80 Å². The fourth-order valence-corrected chi connectivity index (χ4v) is 14.5. The fraction of sp³-hybridized carbons (Fsp3) is 0.947. The van der Waals surface area contributed by atoms with Gasteiger partial charge in [0.15, 0.2) is 10.2 Å². The molecule has 12 nitrogen and oxygen atoms in total. The number of hydrogen-bond acceptors (Lipinski definition) is 12. The monoisotopic (exact) mass is 1310 g/mol. The van der Waals surface area contributed by atoms with Crippen molar-refractivity contribution in [3.05, 3.63) is 0 Å². The molecule has 6 N–H and O–H groups in total. The van der Waals surface area contributed by atoms with Gasteiger partial charge in [-0.3, -0.25) is 29.0 Å². The molecule has 6 atom stereocenters. The minimum absolute atomic E-state index is 0.0878. The van der Waals surface area contributed by atoms with E-state index in [1.54, 1.807) is 0 Å². The predicted molar refractivity (Wildman–Crippen MR) is 388 cm³/mol. The van der Waals surface area contributed by atoms with Gasteiger partial charge < -0.3 is 31.1 Å².